The number of hydrogen-bond donors (Lipinski definition) is 1. The highest BCUT2D eigenvalue weighted by Crippen LogP contribution is 2.08. The van der Waals surface area contributed by atoms with Crippen LogP contribution < -0.4 is 5.32 Å². The summed E-state index contributed by atoms with van der Waals surface area (Å²) in [6.07, 6.45) is 4.99. The summed E-state index contributed by atoms with van der Waals surface area (Å²) in [5.41, 5.74) is 2.82. The molecule has 0 atom stereocenters. The van der Waals surface area contributed by atoms with Gasteiger partial charge < -0.3 is 14.5 Å². The number of nitrogens with zero attached hydrogens (tertiary/aromatic N) is 2. The van der Waals surface area contributed by atoms with Crippen molar-refractivity contribution in [1.29, 1.82) is 0 Å². The molecular formula is C14H19N3O2. The van der Waals surface area contributed by atoms with Gasteiger partial charge in [0, 0.05) is 32.7 Å². The molecule has 2 rings (SSSR count). The average molecular weight is 261 g/mol. The second-order valence-corrected chi connectivity index (χ2v) is 4.57. The minimum absolute atomic E-state index is 0.00349. The molecule has 0 aromatic carbocycles. The van der Waals surface area contributed by atoms with Crippen molar-refractivity contribution in [2.24, 2.45) is 0 Å². The van der Waals surface area contributed by atoms with Crippen LogP contribution in [-0.2, 0) is 16.0 Å². The van der Waals surface area contributed by atoms with Crippen LogP contribution in [0.4, 0.5) is 0 Å². The number of methoxy groups -OCH3 is 1. The van der Waals surface area contributed by atoms with E-state index in [-0.39, 0.29) is 5.91 Å². The molecule has 0 unspecified atom stereocenters. The zero-order chi connectivity index (χ0) is 13.7. The van der Waals surface area contributed by atoms with E-state index in [9.17, 15) is 4.79 Å². The molecule has 0 saturated carbocycles. The third-order valence-electron chi connectivity index (χ3n) is 2.85. The van der Waals surface area contributed by atoms with E-state index in [1.807, 2.05) is 35.9 Å². The lowest BCUT2D eigenvalue weighted by molar-refractivity contribution is -0.120. The van der Waals surface area contributed by atoms with Crippen molar-refractivity contribution < 1.29 is 9.53 Å². The van der Waals surface area contributed by atoms with Gasteiger partial charge in [0.05, 0.1) is 12.1 Å². The fourth-order valence-corrected chi connectivity index (χ4v) is 1.89. The smallest absolute Gasteiger partial charge is 0.226 e. The van der Waals surface area contributed by atoms with Gasteiger partial charge in [0.15, 0.2) is 0 Å². The van der Waals surface area contributed by atoms with E-state index in [0.29, 0.717) is 19.6 Å². The Morgan fingerprint density at radius 3 is 3.16 bits per heavy atom. The number of aromatic nitrogens is 2. The van der Waals surface area contributed by atoms with Gasteiger partial charge in [0.25, 0.3) is 0 Å². The first-order chi connectivity index (χ1) is 9.19. The van der Waals surface area contributed by atoms with Crippen LogP contribution in [0.15, 0.2) is 24.5 Å². The number of rotatable bonds is 6. The van der Waals surface area contributed by atoms with Crippen LogP contribution in [0.5, 0.6) is 0 Å². The molecule has 0 aliphatic heterocycles. The predicted molar refractivity (Wildman–Crippen MR) is 73.1 cm³/mol. The molecule has 19 heavy (non-hydrogen) atoms. The summed E-state index contributed by atoms with van der Waals surface area (Å²) < 4.78 is 6.86. The zero-order valence-corrected chi connectivity index (χ0v) is 11.3. The number of imidazole rings is 1. The van der Waals surface area contributed by atoms with E-state index in [1.54, 1.807) is 7.11 Å². The van der Waals surface area contributed by atoms with Gasteiger partial charge >= 0.3 is 0 Å². The van der Waals surface area contributed by atoms with Gasteiger partial charge in [0.1, 0.15) is 5.65 Å². The standard InChI is InChI=1S/C14H19N3O2/c1-11-4-6-17-10-12(16-13(17)8-11)9-14(18)15-5-3-7-19-2/h4,6,8,10H,3,5,7,9H2,1-2H3,(H,15,18). The number of hydrogen-bond acceptors (Lipinski definition) is 3. The molecule has 0 radical (unpaired) electrons. The normalized spacial score (nSPS) is 10.8. The van der Waals surface area contributed by atoms with E-state index in [1.165, 1.54) is 0 Å². The fraction of sp³-hybridized carbons (Fsp3) is 0.429. The predicted octanol–water partition coefficient (Wildman–Crippen LogP) is 1.34. The maximum atomic E-state index is 11.7. The van der Waals surface area contributed by atoms with E-state index < -0.39 is 0 Å². The molecule has 0 bridgehead atoms. The summed E-state index contributed by atoms with van der Waals surface area (Å²) in [7, 11) is 1.65. The van der Waals surface area contributed by atoms with Gasteiger partial charge in [-0.3, -0.25) is 4.79 Å². The molecule has 2 aromatic rings. The van der Waals surface area contributed by atoms with E-state index in [0.717, 1.165) is 23.3 Å². The van der Waals surface area contributed by atoms with Gasteiger partial charge in [-0.15, -0.1) is 0 Å². The van der Waals surface area contributed by atoms with E-state index >= 15 is 0 Å². The molecule has 0 saturated heterocycles. The highest BCUT2D eigenvalue weighted by molar-refractivity contribution is 5.78. The fourth-order valence-electron chi connectivity index (χ4n) is 1.89. The maximum absolute atomic E-state index is 11.7. The van der Waals surface area contributed by atoms with E-state index in [4.69, 9.17) is 4.74 Å². The number of pyridine rings is 1. The Kier molecular flexibility index (Phi) is 4.52. The van der Waals surface area contributed by atoms with Crippen molar-refractivity contribution in [2.75, 3.05) is 20.3 Å². The molecule has 0 aliphatic rings. The molecular weight excluding hydrogens is 242 g/mol. The number of carbonyl (C=O) groups excluding carboxylic acids is 1. The first-order valence-electron chi connectivity index (χ1n) is 6.39. The molecule has 1 amide bonds. The van der Waals surface area contributed by atoms with Crippen LogP contribution in [0.2, 0.25) is 0 Å². The minimum atomic E-state index is -0.00349. The summed E-state index contributed by atoms with van der Waals surface area (Å²) in [4.78, 5) is 16.2. The number of nitrogens with one attached hydrogen (secondary N) is 1. The first-order valence-corrected chi connectivity index (χ1v) is 6.39. The Balaban J connectivity index is 1.91. The number of ether oxygens (including phenoxy) is 1. The van der Waals surface area contributed by atoms with Gasteiger partial charge in [-0.25, -0.2) is 4.98 Å². The minimum Gasteiger partial charge on any atom is -0.385 e. The first kappa shape index (κ1) is 13.5. The molecule has 2 aromatic heterocycles. The third kappa shape index (κ3) is 3.79. The molecule has 5 nitrogen and oxygen atoms in total. The van der Waals surface area contributed by atoms with Crippen LogP contribution in [-0.4, -0.2) is 35.6 Å². The molecule has 0 aliphatic carbocycles. The second-order valence-electron chi connectivity index (χ2n) is 4.57. The lowest BCUT2D eigenvalue weighted by Gasteiger charge is -2.02. The SMILES string of the molecule is COCCCNC(=O)Cc1cn2ccc(C)cc2n1. The molecule has 0 fully saturated rings. The van der Waals surface area contributed by atoms with Crippen LogP contribution >= 0.6 is 0 Å². The molecule has 5 heteroatoms. The average Bonchev–Trinajstić information content (AvgIpc) is 2.76. The van der Waals surface area contributed by atoms with Crippen molar-refractivity contribution in [3.05, 3.63) is 35.8 Å². The van der Waals surface area contributed by atoms with Crippen molar-refractivity contribution in [3.8, 4) is 0 Å². The number of amides is 1. The molecule has 0 spiro atoms. The Morgan fingerprint density at radius 1 is 1.53 bits per heavy atom. The number of fused-ring (bicyclic) bond motifs is 1. The van der Waals surface area contributed by atoms with Crippen molar-refractivity contribution >= 4 is 11.6 Å². The Bertz CT molecular complexity index is 563. The monoisotopic (exact) mass is 261 g/mol. The number of aryl methyl sites for hydroxylation is 1. The van der Waals surface area contributed by atoms with Crippen LogP contribution in [0, 0.1) is 6.92 Å². The lowest BCUT2D eigenvalue weighted by atomic mass is 10.3. The molecule has 1 N–H and O–H groups in total. The maximum Gasteiger partial charge on any atom is 0.226 e. The van der Waals surface area contributed by atoms with Crippen molar-refractivity contribution in [1.82, 2.24) is 14.7 Å². The third-order valence-corrected chi connectivity index (χ3v) is 2.85. The largest absolute Gasteiger partial charge is 0.385 e. The highest BCUT2D eigenvalue weighted by Gasteiger charge is 2.07. The van der Waals surface area contributed by atoms with Crippen LogP contribution in [0.1, 0.15) is 17.7 Å². The van der Waals surface area contributed by atoms with Gasteiger partial charge in [-0.2, -0.15) is 0 Å². The van der Waals surface area contributed by atoms with Crippen molar-refractivity contribution in [2.45, 2.75) is 19.8 Å². The Hall–Kier alpha value is -1.88. The highest BCUT2D eigenvalue weighted by atomic mass is 16.5. The van der Waals surface area contributed by atoms with Crippen LogP contribution in [0.3, 0.4) is 0 Å². The Morgan fingerprint density at radius 2 is 2.37 bits per heavy atom. The topological polar surface area (TPSA) is 55.6 Å². The zero-order valence-electron chi connectivity index (χ0n) is 11.3. The quantitative estimate of drug-likeness (QED) is 0.798. The summed E-state index contributed by atoms with van der Waals surface area (Å²) in [5, 5.41) is 2.85. The van der Waals surface area contributed by atoms with Crippen molar-refractivity contribution in [3.63, 3.8) is 0 Å². The summed E-state index contributed by atoms with van der Waals surface area (Å²) in [6.45, 7) is 3.32. The Labute approximate surface area is 112 Å². The van der Waals surface area contributed by atoms with Crippen LogP contribution in [0.25, 0.3) is 5.65 Å². The van der Waals surface area contributed by atoms with Gasteiger partial charge in [-0.05, 0) is 31.0 Å². The second kappa shape index (κ2) is 6.33. The van der Waals surface area contributed by atoms with E-state index in [2.05, 4.69) is 10.3 Å². The van der Waals surface area contributed by atoms with Gasteiger partial charge in [0.2, 0.25) is 5.91 Å². The molecule has 102 valence electrons. The summed E-state index contributed by atoms with van der Waals surface area (Å²) >= 11 is 0. The molecule has 2 heterocycles. The van der Waals surface area contributed by atoms with Gasteiger partial charge in [-0.1, -0.05) is 0 Å². The summed E-state index contributed by atoms with van der Waals surface area (Å²) in [5.74, 6) is -0.00349. The number of carbonyl (C=O) groups is 1. The lowest BCUT2D eigenvalue weighted by Crippen LogP contribution is -2.26. The summed E-state index contributed by atoms with van der Waals surface area (Å²) in [6, 6.07) is 4.02.